The average molecular weight is 272 g/mol. The van der Waals surface area contributed by atoms with Crippen LogP contribution < -0.4 is 5.32 Å². The van der Waals surface area contributed by atoms with Crippen LogP contribution in [0.3, 0.4) is 0 Å². The molecule has 0 aliphatic heterocycles. The fourth-order valence-corrected chi connectivity index (χ4v) is 2.56. The maximum absolute atomic E-state index is 11.7. The first-order chi connectivity index (χ1) is 9.06. The zero-order valence-corrected chi connectivity index (χ0v) is 12.0. The first-order valence-electron chi connectivity index (χ1n) is 6.05. The summed E-state index contributed by atoms with van der Waals surface area (Å²) >= 11 is 1.49. The Morgan fingerprint density at radius 2 is 1.95 bits per heavy atom. The Kier molecular flexibility index (Phi) is 4.12. The highest BCUT2D eigenvalue weighted by Crippen LogP contribution is 2.30. The number of nitrogens with one attached hydrogen (secondary N) is 1. The van der Waals surface area contributed by atoms with E-state index in [1.54, 1.807) is 6.08 Å². The van der Waals surface area contributed by atoms with Crippen molar-refractivity contribution in [3.8, 4) is 11.3 Å². The summed E-state index contributed by atoms with van der Waals surface area (Å²) in [5.41, 5.74) is 2.96. The number of aromatic nitrogens is 1. The van der Waals surface area contributed by atoms with Crippen molar-refractivity contribution < 1.29 is 4.79 Å². The maximum Gasteiger partial charge on any atom is 0.250 e. The fraction of sp³-hybridized carbons (Fsp3) is 0.200. The molecule has 0 spiro atoms. The maximum atomic E-state index is 11.7. The Morgan fingerprint density at radius 1 is 1.26 bits per heavy atom. The number of thiazole rings is 1. The van der Waals surface area contributed by atoms with Crippen molar-refractivity contribution in [1.82, 2.24) is 4.98 Å². The van der Waals surface area contributed by atoms with Crippen LogP contribution in [0.25, 0.3) is 11.3 Å². The van der Waals surface area contributed by atoms with E-state index in [9.17, 15) is 4.79 Å². The second-order valence-corrected chi connectivity index (χ2v) is 5.70. The molecular formula is C15H16N2OS. The molecule has 1 N–H and O–H groups in total. The molecule has 1 amide bonds. The first kappa shape index (κ1) is 13.5. The number of rotatable bonds is 3. The second kappa shape index (κ2) is 5.80. The summed E-state index contributed by atoms with van der Waals surface area (Å²) in [7, 11) is 0. The molecular weight excluding hydrogens is 256 g/mol. The van der Waals surface area contributed by atoms with Gasteiger partial charge in [-0.2, -0.15) is 0 Å². The number of hydrogen-bond acceptors (Lipinski definition) is 3. The van der Waals surface area contributed by atoms with Crippen LogP contribution in [-0.2, 0) is 4.79 Å². The van der Waals surface area contributed by atoms with E-state index in [0.717, 1.165) is 21.7 Å². The van der Waals surface area contributed by atoms with Gasteiger partial charge in [-0.05, 0) is 20.8 Å². The molecule has 1 heterocycles. The van der Waals surface area contributed by atoms with Crippen molar-refractivity contribution in [2.24, 2.45) is 0 Å². The standard InChI is InChI=1S/C15H16N2OS/c1-10(2)9-13(18)16-15-17-14(11(3)19-15)12-7-5-4-6-8-12/h4-9H,1-3H3,(H,16,17,18). The highest BCUT2D eigenvalue weighted by molar-refractivity contribution is 7.16. The average Bonchev–Trinajstić information content (AvgIpc) is 2.70. The Hall–Kier alpha value is -1.94. The highest BCUT2D eigenvalue weighted by Gasteiger charge is 2.10. The van der Waals surface area contributed by atoms with Gasteiger partial charge in [-0.1, -0.05) is 35.9 Å². The van der Waals surface area contributed by atoms with Crippen molar-refractivity contribution in [3.05, 3.63) is 46.9 Å². The number of carbonyl (C=O) groups is 1. The molecule has 0 aliphatic rings. The lowest BCUT2D eigenvalue weighted by Gasteiger charge is -1.97. The van der Waals surface area contributed by atoms with Gasteiger partial charge in [0.25, 0.3) is 0 Å². The third-order valence-corrected chi connectivity index (χ3v) is 3.38. The molecule has 98 valence electrons. The molecule has 19 heavy (non-hydrogen) atoms. The molecule has 1 aromatic heterocycles. The lowest BCUT2D eigenvalue weighted by molar-refractivity contribution is -0.111. The van der Waals surface area contributed by atoms with Gasteiger partial charge < -0.3 is 0 Å². The topological polar surface area (TPSA) is 42.0 Å². The van der Waals surface area contributed by atoms with Gasteiger partial charge in [0.05, 0.1) is 5.69 Å². The summed E-state index contributed by atoms with van der Waals surface area (Å²) in [6.07, 6.45) is 1.57. The summed E-state index contributed by atoms with van der Waals surface area (Å²) in [5.74, 6) is -0.131. The van der Waals surface area contributed by atoms with Crippen LogP contribution in [0.2, 0.25) is 0 Å². The SMILES string of the molecule is CC(C)=CC(=O)Nc1nc(-c2ccccc2)c(C)s1. The molecule has 2 aromatic rings. The lowest BCUT2D eigenvalue weighted by Crippen LogP contribution is -2.07. The van der Waals surface area contributed by atoms with E-state index in [1.807, 2.05) is 51.1 Å². The van der Waals surface area contributed by atoms with Gasteiger partial charge in [0.1, 0.15) is 0 Å². The number of carbonyl (C=O) groups excluding carboxylic acids is 1. The van der Waals surface area contributed by atoms with Crippen LogP contribution in [-0.4, -0.2) is 10.9 Å². The number of amides is 1. The van der Waals surface area contributed by atoms with Gasteiger partial charge in [-0.15, -0.1) is 11.3 Å². The Balaban J connectivity index is 2.23. The monoisotopic (exact) mass is 272 g/mol. The van der Waals surface area contributed by atoms with Crippen LogP contribution in [0.15, 0.2) is 42.0 Å². The van der Waals surface area contributed by atoms with Crippen LogP contribution in [0, 0.1) is 6.92 Å². The normalized spacial score (nSPS) is 10.1. The molecule has 4 heteroatoms. The highest BCUT2D eigenvalue weighted by atomic mass is 32.1. The molecule has 0 radical (unpaired) electrons. The molecule has 0 aliphatic carbocycles. The zero-order chi connectivity index (χ0) is 13.8. The molecule has 0 fully saturated rings. The summed E-state index contributed by atoms with van der Waals surface area (Å²) in [6.45, 7) is 5.79. The molecule has 1 aromatic carbocycles. The fourth-order valence-electron chi connectivity index (χ4n) is 1.72. The minimum atomic E-state index is -0.131. The van der Waals surface area contributed by atoms with Gasteiger partial charge in [0.2, 0.25) is 5.91 Å². The van der Waals surface area contributed by atoms with E-state index in [2.05, 4.69) is 10.3 Å². The van der Waals surface area contributed by atoms with Crippen molar-refractivity contribution in [2.45, 2.75) is 20.8 Å². The second-order valence-electron chi connectivity index (χ2n) is 4.50. The van der Waals surface area contributed by atoms with E-state index in [0.29, 0.717) is 5.13 Å². The van der Waals surface area contributed by atoms with Crippen LogP contribution >= 0.6 is 11.3 Å². The van der Waals surface area contributed by atoms with E-state index >= 15 is 0 Å². The quantitative estimate of drug-likeness (QED) is 0.857. The van der Waals surface area contributed by atoms with Crippen molar-refractivity contribution in [1.29, 1.82) is 0 Å². The van der Waals surface area contributed by atoms with Crippen molar-refractivity contribution >= 4 is 22.4 Å². The van der Waals surface area contributed by atoms with E-state index < -0.39 is 0 Å². The number of anilines is 1. The molecule has 0 atom stereocenters. The van der Waals surface area contributed by atoms with Gasteiger partial charge >= 0.3 is 0 Å². The van der Waals surface area contributed by atoms with E-state index in [1.165, 1.54) is 11.3 Å². The Morgan fingerprint density at radius 3 is 2.58 bits per heavy atom. The minimum Gasteiger partial charge on any atom is -0.298 e. The van der Waals surface area contributed by atoms with Crippen molar-refractivity contribution in [2.75, 3.05) is 5.32 Å². The molecule has 0 bridgehead atoms. The summed E-state index contributed by atoms with van der Waals surface area (Å²) in [4.78, 5) is 17.2. The summed E-state index contributed by atoms with van der Waals surface area (Å²) in [5, 5.41) is 3.43. The number of hydrogen-bond donors (Lipinski definition) is 1. The van der Waals surface area contributed by atoms with Crippen LogP contribution in [0.5, 0.6) is 0 Å². The Labute approximate surface area is 117 Å². The van der Waals surface area contributed by atoms with E-state index in [-0.39, 0.29) is 5.91 Å². The Bertz CT molecular complexity index is 610. The van der Waals surface area contributed by atoms with Gasteiger partial charge in [-0.3, -0.25) is 10.1 Å². The molecule has 0 unspecified atom stereocenters. The zero-order valence-electron chi connectivity index (χ0n) is 11.2. The number of nitrogens with zero attached hydrogens (tertiary/aromatic N) is 1. The predicted octanol–water partition coefficient (Wildman–Crippen LogP) is 4.02. The lowest BCUT2D eigenvalue weighted by atomic mass is 10.1. The summed E-state index contributed by atoms with van der Waals surface area (Å²) < 4.78 is 0. The number of benzene rings is 1. The molecule has 0 saturated heterocycles. The molecule has 2 rings (SSSR count). The van der Waals surface area contributed by atoms with E-state index in [4.69, 9.17) is 0 Å². The van der Waals surface area contributed by atoms with Gasteiger partial charge in [0.15, 0.2) is 5.13 Å². The third-order valence-electron chi connectivity index (χ3n) is 2.49. The number of aryl methyl sites for hydroxylation is 1. The minimum absolute atomic E-state index is 0.131. The van der Waals surface area contributed by atoms with Crippen LogP contribution in [0.1, 0.15) is 18.7 Å². The first-order valence-corrected chi connectivity index (χ1v) is 6.86. The third kappa shape index (κ3) is 3.51. The largest absolute Gasteiger partial charge is 0.298 e. The molecule has 3 nitrogen and oxygen atoms in total. The number of allylic oxidation sites excluding steroid dienone is 1. The van der Waals surface area contributed by atoms with Crippen LogP contribution in [0.4, 0.5) is 5.13 Å². The van der Waals surface area contributed by atoms with Gasteiger partial charge in [-0.25, -0.2) is 4.98 Å². The molecule has 0 saturated carbocycles. The predicted molar refractivity (Wildman–Crippen MR) is 80.3 cm³/mol. The summed E-state index contributed by atoms with van der Waals surface area (Å²) in [6, 6.07) is 9.97. The smallest absolute Gasteiger partial charge is 0.250 e. The van der Waals surface area contributed by atoms with Gasteiger partial charge in [0, 0.05) is 16.5 Å². The van der Waals surface area contributed by atoms with Crippen molar-refractivity contribution in [3.63, 3.8) is 0 Å².